The SMILES string of the molecule is CCCCCCCCCCCCCCCCCCCCCC(=O)OC[C@H](COP(=O)(O)OC[C@@H](O)COP(=O)(O)OC[C@@H](COC(=O)CCCCCCCCCCCCC)OC(=O)CCCCCCCCCCC(C)CC)OC(=O)CCCCCCCCCCCCCCCCCCC(C)C. The monoisotopic (exact) mass is 1480 g/mol. The molecule has 19 heteroatoms. The number of hydrogen-bond acceptors (Lipinski definition) is 15. The fourth-order valence-corrected chi connectivity index (χ4v) is 14.3. The molecular formula is C82H160O17P2. The first-order chi connectivity index (χ1) is 48.9. The lowest BCUT2D eigenvalue weighted by atomic mass is 9.99. The Hall–Kier alpha value is -1.94. The minimum atomic E-state index is -4.96. The van der Waals surface area contributed by atoms with Crippen LogP contribution in [-0.2, 0) is 65.4 Å². The number of phosphoric ester groups is 2. The van der Waals surface area contributed by atoms with Crippen molar-refractivity contribution in [2.45, 2.75) is 452 Å². The summed E-state index contributed by atoms with van der Waals surface area (Å²) < 4.78 is 68.7. The van der Waals surface area contributed by atoms with E-state index in [1.165, 1.54) is 250 Å². The van der Waals surface area contributed by atoms with E-state index in [9.17, 15) is 43.2 Å². The molecule has 0 saturated heterocycles. The maximum atomic E-state index is 13.1. The molecule has 6 atom stereocenters. The van der Waals surface area contributed by atoms with Crippen LogP contribution in [0.4, 0.5) is 0 Å². The third kappa shape index (κ3) is 74.7. The second kappa shape index (κ2) is 73.6. The zero-order chi connectivity index (χ0) is 74.2. The van der Waals surface area contributed by atoms with Gasteiger partial charge < -0.3 is 33.8 Å². The Morgan fingerprint density at radius 3 is 0.752 bits per heavy atom. The Bertz CT molecular complexity index is 1940. The van der Waals surface area contributed by atoms with Crippen LogP contribution in [-0.4, -0.2) is 96.7 Å². The Kier molecular flexibility index (Phi) is 72.2. The van der Waals surface area contributed by atoms with Gasteiger partial charge in [0.05, 0.1) is 26.4 Å². The van der Waals surface area contributed by atoms with E-state index in [0.29, 0.717) is 25.7 Å². The number of carbonyl (C=O) groups is 4. The van der Waals surface area contributed by atoms with Crippen molar-refractivity contribution < 1.29 is 80.2 Å². The molecule has 0 bridgehead atoms. The number of esters is 4. The van der Waals surface area contributed by atoms with Gasteiger partial charge in [-0.1, -0.05) is 382 Å². The smallest absolute Gasteiger partial charge is 0.462 e. The number of carbonyl (C=O) groups excluding carboxylic acids is 4. The van der Waals surface area contributed by atoms with E-state index in [2.05, 4.69) is 41.5 Å². The molecule has 0 aromatic carbocycles. The molecule has 0 saturated carbocycles. The first kappa shape index (κ1) is 99.1. The summed E-state index contributed by atoms with van der Waals surface area (Å²) in [5, 5.41) is 10.6. The summed E-state index contributed by atoms with van der Waals surface area (Å²) in [5.41, 5.74) is 0. The lowest BCUT2D eigenvalue weighted by Gasteiger charge is -2.21. The Morgan fingerprint density at radius 2 is 0.505 bits per heavy atom. The molecule has 0 aliphatic heterocycles. The van der Waals surface area contributed by atoms with Gasteiger partial charge in [0, 0.05) is 25.7 Å². The lowest BCUT2D eigenvalue weighted by Crippen LogP contribution is -2.30. The molecule has 0 radical (unpaired) electrons. The highest BCUT2D eigenvalue weighted by Gasteiger charge is 2.30. The lowest BCUT2D eigenvalue weighted by molar-refractivity contribution is -0.161. The van der Waals surface area contributed by atoms with Crippen LogP contribution in [0.25, 0.3) is 0 Å². The minimum Gasteiger partial charge on any atom is -0.462 e. The summed E-state index contributed by atoms with van der Waals surface area (Å²) in [6.45, 7) is 9.66. The number of rotatable bonds is 81. The molecule has 101 heavy (non-hydrogen) atoms. The summed E-state index contributed by atoms with van der Waals surface area (Å²) in [5.74, 6) is -0.529. The number of phosphoric acid groups is 2. The maximum Gasteiger partial charge on any atom is 0.472 e. The molecule has 0 aliphatic carbocycles. The fraction of sp³-hybridized carbons (Fsp3) is 0.951. The van der Waals surface area contributed by atoms with Gasteiger partial charge >= 0.3 is 39.5 Å². The molecule has 600 valence electrons. The number of hydrogen-bond donors (Lipinski definition) is 3. The van der Waals surface area contributed by atoms with Crippen LogP contribution in [0, 0.1) is 11.8 Å². The van der Waals surface area contributed by atoms with Crippen molar-refractivity contribution in [1.29, 1.82) is 0 Å². The quantitative estimate of drug-likeness (QED) is 0.0222. The van der Waals surface area contributed by atoms with Gasteiger partial charge in [-0.2, -0.15) is 0 Å². The molecule has 17 nitrogen and oxygen atoms in total. The summed E-state index contributed by atoms with van der Waals surface area (Å²) in [6.07, 6.45) is 63.8. The van der Waals surface area contributed by atoms with Gasteiger partial charge in [0.1, 0.15) is 19.3 Å². The predicted octanol–water partition coefficient (Wildman–Crippen LogP) is 24.7. The van der Waals surface area contributed by atoms with E-state index in [0.717, 1.165) is 102 Å². The Balaban J connectivity index is 5.23. The first-order valence-electron chi connectivity index (χ1n) is 42.5. The van der Waals surface area contributed by atoms with E-state index in [1.54, 1.807) is 0 Å². The highest BCUT2D eigenvalue weighted by atomic mass is 31.2. The molecule has 0 spiro atoms. The average Bonchev–Trinajstić information content (AvgIpc) is 0.928. The van der Waals surface area contributed by atoms with Crippen molar-refractivity contribution in [2.75, 3.05) is 39.6 Å². The van der Waals surface area contributed by atoms with Gasteiger partial charge in [-0.05, 0) is 37.5 Å². The zero-order valence-corrected chi connectivity index (χ0v) is 68.0. The van der Waals surface area contributed by atoms with E-state index >= 15 is 0 Å². The van der Waals surface area contributed by atoms with Crippen LogP contribution >= 0.6 is 15.6 Å². The standard InChI is InChI=1S/C82H160O17P2/c1-7-10-12-14-16-18-20-21-22-23-24-25-29-32-36-40-47-53-59-65-80(85)93-70-77(98-81(86)66-60-54-48-41-37-33-30-27-26-28-31-35-38-44-50-56-62-74(4)5)72-96-100(88,89)94-68-76(83)69-95-101(90,91)97-73-78(71-92-79(84)64-58-52-46-39-34-19-17-15-13-11-8-2)99-82(87)67-61-55-49-43-42-45-51-57-63-75(6)9-3/h74-78,83H,7-73H2,1-6H3,(H,88,89)(H,90,91)/t75?,76-,77-,78-/m1/s1. The van der Waals surface area contributed by atoms with Gasteiger partial charge in [0.15, 0.2) is 12.2 Å². The second-order valence-electron chi connectivity index (χ2n) is 30.2. The third-order valence-electron chi connectivity index (χ3n) is 19.6. The molecule has 0 aromatic rings. The van der Waals surface area contributed by atoms with Crippen molar-refractivity contribution >= 4 is 39.5 Å². The van der Waals surface area contributed by atoms with Crippen molar-refractivity contribution in [3.63, 3.8) is 0 Å². The minimum absolute atomic E-state index is 0.106. The number of aliphatic hydroxyl groups excluding tert-OH is 1. The van der Waals surface area contributed by atoms with Gasteiger partial charge in [-0.3, -0.25) is 37.3 Å². The van der Waals surface area contributed by atoms with E-state index in [1.807, 2.05) is 0 Å². The Morgan fingerprint density at radius 1 is 0.287 bits per heavy atom. The largest absolute Gasteiger partial charge is 0.472 e. The topological polar surface area (TPSA) is 237 Å². The summed E-state index contributed by atoms with van der Waals surface area (Å²) in [6, 6.07) is 0. The summed E-state index contributed by atoms with van der Waals surface area (Å²) in [4.78, 5) is 73.0. The Labute approximate surface area is 619 Å². The fourth-order valence-electron chi connectivity index (χ4n) is 12.7. The molecular weight excluding hydrogens is 1320 g/mol. The number of aliphatic hydroxyl groups is 1. The molecule has 0 aliphatic rings. The van der Waals surface area contributed by atoms with E-state index in [-0.39, 0.29) is 25.7 Å². The molecule has 0 heterocycles. The normalized spacial score (nSPS) is 14.2. The first-order valence-corrected chi connectivity index (χ1v) is 45.5. The molecule has 3 unspecified atom stereocenters. The highest BCUT2D eigenvalue weighted by molar-refractivity contribution is 7.47. The maximum absolute atomic E-state index is 13.1. The van der Waals surface area contributed by atoms with Crippen molar-refractivity contribution in [1.82, 2.24) is 0 Å². The van der Waals surface area contributed by atoms with Crippen LogP contribution in [0.2, 0.25) is 0 Å². The molecule has 3 N–H and O–H groups in total. The van der Waals surface area contributed by atoms with Crippen LogP contribution in [0.5, 0.6) is 0 Å². The van der Waals surface area contributed by atoms with Crippen molar-refractivity contribution in [3.8, 4) is 0 Å². The number of unbranched alkanes of at least 4 members (excludes halogenated alkanes) is 50. The predicted molar refractivity (Wildman–Crippen MR) is 414 cm³/mol. The van der Waals surface area contributed by atoms with Crippen LogP contribution in [0.1, 0.15) is 433 Å². The van der Waals surface area contributed by atoms with E-state index < -0.39 is 97.5 Å². The van der Waals surface area contributed by atoms with Gasteiger partial charge in [0.2, 0.25) is 0 Å². The molecule has 0 rings (SSSR count). The van der Waals surface area contributed by atoms with Crippen LogP contribution < -0.4 is 0 Å². The molecule has 0 fully saturated rings. The van der Waals surface area contributed by atoms with E-state index in [4.69, 9.17) is 37.0 Å². The zero-order valence-electron chi connectivity index (χ0n) is 66.2. The average molecular weight is 1480 g/mol. The summed E-state index contributed by atoms with van der Waals surface area (Å²) >= 11 is 0. The summed E-state index contributed by atoms with van der Waals surface area (Å²) in [7, 11) is -9.92. The van der Waals surface area contributed by atoms with Crippen LogP contribution in [0.3, 0.4) is 0 Å². The van der Waals surface area contributed by atoms with Gasteiger partial charge in [-0.25, -0.2) is 9.13 Å². The van der Waals surface area contributed by atoms with Crippen molar-refractivity contribution in [2.24, 2.45) is 11.8 Å². The van der Waals surface area contributed by atoms with Crippen molar-refractivity contribution in [3.05, 3.63) is 0 Å². The van der Waals surface area contributed by atoms with Crippen LogP contribution in [0.15, 0.2) is 0 Å². The molecule has 0 aromatic heterocycles. The third-order valence-corrected chi connectivity index (χ3v) is 21.5. The molecule has 0 amide bonds. The van der Waals surface area contributed by atoms with Gasteiger partial charge in [0.25, 0.3) is 0 Å². The number of ether oxygens (including phenoxy) is 4. The second-order valence-corrected chi connectivity index (χ2v) is 33.1. The van der Waals surface area contributed by atoms with Gasteiger partial charge in [-0.15, -0.1) is 0 Å². The highest BCUT2D eigenvalue weighted by Crippen LogP contribution is 2.45.